The first-order valence-electron chi connectivity index (χ1n) is 5.48. The van der Waals surface area contributed by atoms with Gasteiger partial charge in [0.25, 0.3) is 0 Å². The number of methoxy groups -OCH3 is 1. The molecule has 0 unspecified atom stereocenters. The summed E-state index contributed by atoms with van der Waals surface area (Å²) in [4.78, 5) is 0. The van der Waals surface area contributed by atoms with Crippen LogP contribution in [0.5, 0.6) is 0 Å². The predicted octanol–water partition coefficient (Wildman–Crippen LogP) is 1.33. The summed E-state index contributed by atoms with van der Waals surface area (Å²) < 4.78 is 28.9. The minimum absolute atomic E-state index is 0.531. The average molecular weight is 237 g/mol. The Morgan fingerprint density at radius 3 is 2.07 bits per heavy atom. The summed E-state index contributed by atoms with van der Waals surface area (Å²) in [6, 6.07) is 0. The van der Waals surface area contributed by atoms with Crippen LogP contribution in [-0.4, -0.2) is 45.8 Å². The van der Waals surface area contributed by atoms with Crippen LogP contribution in [0, 0.1) is 5.92 Å². The van der Waals surface area contributed by atoms with Gasteiger partial charge in [-0.15, -0.1) is 0 Å². The lowest BCUT2D eigenvalue weighted by Crippen LogP contribution is -2.38. The monoisotopic (exact) mass is 237 g/mol. The SMILES string of the molecule is CC.COCC1CCN(S(C)(=O)=O)CC1. The predicted molar refractivity (Wildman–Crippen MR) is 62.4 cm³/mol. The van der Waals surface area contributed by atoms with E-state index in [-0.39, 0.29) is 0 Å². The first-order valence-corrected chi connectivity index (χ1v) is 7.33. The minimum Gasteiger partial charge on any atom is -0.384 e. The van der Waals surface area contributed by atoms with Gasteiger partial charge in [0.1, 0.15) is 0 Å². The second kappa shape index (κ2) is 7.19. The lowest BCUT2D eigenvalue weighted by atomic mass is 9.99. The van der Waals surface area contributed by atoms with Crippen molar-refractivity contribution in [1.29, 1.82) is 0 Å². The molecule has 0 aromatic carbocycles. The topological polar surface area (TPSA) is 46.6 Å². The van der Waals surface area contributed by atoms with E-state index in [0.29, 0.717) is 19.0 Å². The summed E-state index contributed by atoms with van der Waals surface area (Å²) in [6.07, 6.45) is 3.10. The Bertz CT molecular complexity index is 243. The third kappa shape index (κ3) is 5.49. The summed E-state index contributed by atoms with van der Waals surface area (Å²) in [5.41, 5.74) is 0. The van der Waals surface area contributed by atoms with E-state index in [0.717, 1.165) is 19.4 Å². The van der Waals surface area contributed by atoms with Gasteiger partial charge >= 0.3 is 0 Å². The molecule has 15 heavy (non-hydrogen) atoms. The maximum absolute atomic E-state index is 11.1. The Labute approximate surface area is 93.7 Å². The molecule has 0 atom stereocenters. The Balaban J connectivity index is 0.000000921. The van der Waals surface area contributed by atoms with Crippen LogP contribution < -0.4 is 0 Å². The molecule has 0 N–H and O–H groups in total. The Morgan fingerprint density at radius 1 is 1.27 bits per heavy atom. The first kappa shape index (κ1) is 14.9. The summed E-state index contributed by atoms with van der Waals surface area (Å²) in [6.45, 7) is 6.04. The van der Waals surface area contributed by atoms with E-state index < -0.39 is 10.0 Å². The van der Waals surface area contributed by atoms with Crippen molar-refractivity contribution in [2.75, 3.05) is 33.1 Å². The van der Waals surface area contributed by atoms with Crippen LogP contribution in [0.2, 0.25) is 0 Å². The molecule has 0 amide bonds. The molecular formula is C10H23NO3S. The van der Waals surface area contributed by atoms with E-state index >= 15 is 0 Å². The quantitative estimate of drug-likeness (QED) is 0.744. The second-order valence-electron chi connectivity index (χ2n) is 3.56. The summed E-state index contributed by atoms with van der Waals surface area (Å²) in [7, 11) is -1.29. The van der Waals surface area contributed by atoms with Gasteiger partial charge in [-0.05, 0) is 18.8 Å². The van der Waals surface area contributed by atoms with Crippen molar-refractivity contribution in [3.05, 3.63) is 0 Å². The second-order valence-corrected chi connectivity index (χ2v) is 5.54. The van der Waals surface area contributed by atoms with Gasteiger partial charge in [-0.2, -0.15) is 0 Å². The van der Waals surface area contributed by atoms with Gasteiger partial charge in [0.2, 0.25) is 10.0 Å². The highest BCUT2D eigenvalue weighted by atomic mass is 32.2. The van der Waals surface area contributed by atoms with Gasteiger partial charge in [0, 0.05) is 26.8 Å². The Morgan fingerprint density at radius 2 is 1.73 bits per heavy atom. The van der Waals surface area contributed by atoms with Crippen LogP contribution in [0.4, 0.5) is 0 Å². The smallest absolute Gasteiger partial charge is 0.211 e. The van der Waals surface area contributed by atoms with Gasteiger partial charge < -0.3 is 4.74 Å². The molecule has 0 radical (unpaired) electrons. The molecule has 1 fully saturated rings. The molecule has 0 spiro atoms. The zero-order chi connectivity index (χ0) is 11.9. The maximum Gasteiger partial charge on any atom is 0.211 e. The highest BCUT2D eigenvalue weighted by molar-refractivity contribution is 7.88. The molecule has 4 nitrogen and oxygen atoms in total. The van der Waals surface area contributed by atoms with Crippen molar-refractivity contribution in [2.45, 2.75) is 26.7 Å². The minimum atomic E-state index is -2.97. The van der Waals surface area contributed by atoms with Crippen LogP contribution in [0.15, 0.2) is 0 Å². The molecule has 1 rings (SSSR count). The highest BCUT2D eigenvalue weighted by Gasteiger charge is 2.24. The van der Waals surface area contributed by atoms with E-state index in [1.54, 1.807) is 11.4 Å². The molecule has 0 aromatic rings. The van der Waals surface area contributed by atoms with Gasteiger partial charge in [-0.1, -0.05) is 13.8 Å². The van der Waals surface area contributed by atoms with Crippen molar-refractivity contribution < 1.29 is 13.2 Å². The molecule has 0 aliphatic carbocycles. The fourth-order valence-electron chi connectivity index (χ4n) is 1.64. The van der Waals surface area contributed by atoms with Crippen LogP contribution in [0.3, 0.4) is 0 Å². The number of nitrogens with zero attached hydrogens (tertiary/aromatic N) is 1. The van der Waals surface area contributed by atoms with Crippen molar-refractivity contribution in [3.63, 3.8) is 0 Å². The molecule has 0 aromatic heterocycles. The fourth-order valence-corrected chi connectivity index (χ4v) is 2.52. The van der Waals surface area contributed by atoms with E-state index in [4.69, 9.17) is 4.74 Å². The molecular weight excluding hydrogens is 214 g/mol. The Kier molecular flexibility index (Phi) is 7.13. The van der Waals surface area contributed by atoms with E-state index in [9.17, 15) is 8.42 Å². The lowest BCUT2D eigenvalue weighted by molar-refractivity contribution is 0.121. The van der Waals surface area contributed by atoms with Crippen molar-refractivity contribution in [3.8, 4) is 0 Å². The van der Waals surface area contributed by atoms with Gasteiger partial charge in [0.15, 0.2) is 0 Å². The molecule has 0 bridgehead atoms. The van der Waals surface area contributed by atoms with E-state index in [1.165, 1.54) is 6.26 Å². The summed E-state index contributed by atoms with van der Waals surface area (Å²) >= 11 is 0. The number of rotatable bonds is 3. The number of hydrogen-bond donors (Lipinski definition) is 0. The summed E-state index contributed by atoms with van der Waals surface area (Å²) in [5.74, 6) is 0.531. The average Bonchev–Trinajstić information content (AvgIpc) is 2.21. The van der Waals surface area contributed by atoms with Gasteiger partial charge in [-0.25, -0.2) is 12.7 Å². The van der Waals surface area contributed by atoms with Gasteiger partial charge in [0.05, 0.1) is 6.26 Å². The maximum atomic E-state index is 11.1. The third-order valence-corrected chi connectivity index (χ3v) is 3.75. The molecule has 1 saturated heterocycles. The largest absolute Gasteiger partial charge is 0.384 e. The Hall–Kier alpha value is -0.130. The normalized spacial score (nSPS) is 19.5. The fraction of sp³-hybridized carbons (Fsp3) is 1.00. The molecule has 0 saturated carbocycles. The van der Waals surface area contributed by atoms with Crippen molar-refractivity contribution in [2.24, 2.45) is 5.92 Å². The number of sulfonamides is 1. The van der Waals surface area contributed by atoms with E-state index in [1.807, 2.05) is 13.8 Å². The number of hydrogen-bond acceptors (Lipinski definition) is 3. The van der Waals surface area contributed by atoms with Crippen molar-refractivity contribution >= 4 is 10.0 Å². The molecule has 92 valence electrons. The van der Waals surface area contributed by atoms with E-state index in [2.05, 4.69) is 0 Å². The van der Waals surface area contributed by atoms with Crippen LogP contribution >= 0.6 is 0 Å². The zero-order valence-corrected chi connectivity index (χ0v) is 11.0. The number of ether oxygens (including phenoxy) is 1. The molecule has 1 aliphatic rings. The first-order chi connectivity index (χ1) is 7.04. The zero-order valence-electron chi connectivity index (χ0n) is 10.2. The standard InChI is InChI=1S/C8H17NO3S.C2H6/c1-12-7-8-3-5-9(6-4-8)13(2,10)11;1-2/h8H,3-7H2,1-2H3;1-2H3. The highest BCUT2D eigenvalue weighted by Crippen LogP contribution is 2.18. The van der Waals surface area contributed by atoms with Crippen LogP contribution in [0.1, 0.15) is 26.7 Å². The molecule has 1 aliphatic heterocycles. The van der Waals surface area contributed by atoms with Crippen molar-refractivity contribution in [1.82, 2.24) is 4.31 Å². The molecule has 5 heteroatoms. The van der Waals surface area contributed by atoms with Gasteiger partial charge in [-0.3, -0.25) is 0 Å². The third-order valence-electron chi connectivity index (χ3n) is 2.44. The lowest BCUT2D eigenvalue weighted by Gasteiger charge is -2.29. The molecule has 1 heterocycles. The number of piperidine rings is 1. The van der Waals surface area contributed by atoms with Crippen LogP contribution in [-0.2, 0) is 14.8 Å². The summed E-state index contributed by atoms with van der Waals surface area (Å²) in [5, 5.41) is 0. The van der Waals surface area contributed by atoms with Crippen LogP contribution in [0.25, 0.3) is 0 Å².